The number of thioether (sulfide) groups is 1. The van der Waals surface area contributed by atoms with Gasteiger partial charge in [-0.15, -0.1) is 0 Å². The van der Waals surface area contributed by atoms with Crippen LogP contribution in [0.25, 0.3) is 22.2 Å². The fraction of sp³-hybridized carbons (Fsp3) is 0.381. The van der Waals surface area contributed by atoms with Gasteiger partial charge in [-0.05, 0) is 25.2 Å². The number of ether oxygens (including phenoxy) is 2. The first-order valence-electron chi connectivity index (χ1n) is 9.72. The second-order valence-electron chi connectivity index (χ2n) is 7.13. The van der Waals surface area contributed by atoms with Crippen LogP contribution in [0.15, 0.2) is 23.5 Å². The number of fused-ring (bicyclic) bond motifs is 1. The van der Waals surface area contributed by atoms with Crippen molar-refractivity contribution in [2.75, 3.05) is 38.5 Å². The molecule has 164 valence electrons. The van der Waals surface area contributed by atoms with Gasteiger partial charge in [-0.3, -0.25) is 0 Å². The Labute approximate surface area is 194 Å². The van der Waals surface area contributed by atoms with Gasteiger partial charge in [-0.2, -0.15) is 0 Å². The minimum Gasteiger partial charge on any atom is -0.495 e. The van der Waals surface area contributed by atoms with Crippen LogP contribution in [-0.2, 0) is 0 Å². The second-order valence-corrected chi connectivity index (χ2v) is 8.66. The predicted octanol–water partition coefficient (Wildman–Crippen LogP) is 4.70. The largest absolute Gasteiger partial charge is 0.495 e. The quantitative estimate of drug-likeness (QED) is 0.415. The number of aliphatic hydroxyl groups excluding tert-OH is 1. The zero-order chi connectivity index (χ0) is 22.1. The summed E-state index contributed by atoms with van der Waals surface area (Å²) in [6, 6.07) is 3.52. The van der Waals surface area contributed by atoms with Gasteiger partial charge in [0.15, 0.2) is 11.0 Å². The summed E-state index contributed by atoms with van der Waals surface area (Å²) in [7, 11) is 3.07. The normalized spacial score (nSPS) is 14.8. The van der Waals surface area contributed by atoms with Crippen molar-refractivity contribution < 1.29 is 14.6 Å². The molecular formula is C21H22Cl2N4O3S. The van der Waals surface area contributed by atoms with Crippen molar-refractivity contribution in [3.8, 4) is 22.8 Å². The number of halogens is 2. The fourth-order valence-corrected chi connectivity index (χ4v) is 4.68. The summed E-state index contributed by atoms with van der Waals surface area (Å²) in [5.74, 6) is 1.60. The van der Waals surface area contributed by atoms with Gasteiger partial charge in [0.05, 0.1) is 36.1 Å². The van der Waals surface area contributed by atoms with Crippen LogP contribution >= 0.6 is 35.0 Å². The summed E-state index contributed by atoms with van der Waals surface area (Å²) in [5.41, 5.74) is 1.84. The summed E-state index contributed by atoms with van der Waals surface area (Å²) >= 11 is 14.8. The van der Waals surface area contributed by atoms with Crippen LogP contribution in [0.1, 0.15) is 12.8 Å². The number of anilines is 1. The molecule has 10 heteroatoms. The summed E-state index contributed by atoms with van der Waals surface area (Å²) in [4.78, 5) is 16.2. The van der Waals surface area contributed by atoms with E-state index >= 15 is 0 Å². The summed E-state index contributed by atoms with van der Waals surface area (Å²) in [6.07, 6.45) is 4.75. The minimum absolute atomic E-state index is 0.298. The van der Waals surface area contributed by atoms with E-state index in [4.69, 9.17) is 42.6 Å². The molecule has 0 amide bonds. The Balaban J connectivity index is 1.96. The highest BCUT2D eigenvalue weighted by atomic mass is 35.5. The van der Waals surface area contributed by atoms with Crippen molar-refractivity contribution in [3.63, 3.8) is 0 Å². The molecule has 0 radical (unpaired) electrons. The number of benzene rings is 1. The third-order valence-electron chi connectivity index (χ3n) is 5.30. The Morgan fingerprint density at radius 2 is 1.71 bits per heavy atom. The number of aliphatic hydroxyl groups is 1. The SMILES string of the molecule is COc1cc(OC)c(Cl)c(-c2cc3cnc(SC)nc3c(N3CCC(O)CC3)n2)c1Cl. The highest BCUT2D eigenvalue weighted by Crippen LogP contribution is 2.46. The van der Waals surface area contributed by atoms with Crippen molar-refractivity contribution >= 4 is 51.7 Å². The number of piperidine rings is 1. The van der Waals surface area contributed by atoms with E-state index in [1.165, 1.54) is 26.0 Å². The molecule has 0 spiro atoms. The Morgan fingerprint density at radius 3 is 2.29 bits per heavy atom. The minimum atomic E-state index is -0.298. The van der Waals surface area contributed by atoms with Crippen LogP contribution in [-0.4, -0.2) is 59.7 Å². The molecule has 0 bridgehead atoms. The number of hydrogen-bond donors (Lipinski definition) is 1. The van der Waals surface area contributed by atoms with Crippen molar-refractivity contribution in [2.24, 2.45) is 0 Å². The molecule has 1 aliphatic heterocycles. The van der Waals surface area contributed by atoms with Gasteiger partial charge in [-0.1, -0.05) is 35.0 Å². The molecule has 2 aromatic heterocycles. The molecular weight excluding hydrogens is 459 g/mol. The molecule has 0 aliphatic carbocycles. The lowest BCUT2D eigenvalue weighted by molar-refractivity contribution is 0.145. The zero-order valence-corrected chi connectivity index (χ0v) is 19.7. The van der Waals surface area contributed by atoms with E-state index in [0.29, 0.717) is 69.7 Å². The molecule has 1 saturated heterocycles. The predicted molar refractivity (Wildman–Crippen MR) is 125 cm³/mol. The second kappa shape index (κ2) is 9.24. The maximum atomic E-state index is 9.95. The molecule has 1 aliphatic rings. The third-order valence-corrected chi connectivity index (χ3v) is 6.61. The van der Waals surface area contributed by atoms with Crippen molar-refractivity contribution in [3.05, 3.63) is 28.4 Å². The Morgan fingerprint density at radius 1 is 1.06 bits per heavy atom. The van der Waals surface area contributed by atoms with E-state index in [1.54, 1.807) is 12.3 Å². The van der Waals surface area contributed by atoms with Gasteiger partial charge in [-0.25, -0.2) is 15.0 Å². The van der Waals surface area contributed by atoms with E-state index in [1.807, 2.05) is 12.3 Å². The van der Waals surface area contributed by atoms with Crippen LogP contribution in [0, 0.1) is 0 Å². The molecule has 1 N–H and O–H groups in total. The van der Waals surface area contributed by atoms with Crippen molar-refractivity contribution in [2.45, 2.75) is 24.1 Å². The standard InChI is InChI=1S/C21H22Cl2N4O3S/c1-29-14-9-15(30-2)18(23)16(17(14)22)13-8-11-10-24-21(31-3)26-19(11)20(25-13)27-6-4-12(28)5-7-27/h8-10,12,28H,4-7H2,1-3H3. The van der Waals surface area contributed by atoms with Gasteiger partial charge in [0, 0.05) is 36.3 Å². The van der Waals surface area contributed by atoms with Gasteiger partial charge in [0.25, 0.3) is 0 Å². The van der Waals surface area contributed by atoms with E-state index in [9.17, 15) is 5.11 Å². The molecule has 3 aromatic rings. The molecule has 0 atom stereocenters. The first kappa shape index (κ1) is 22.2. The van der Waals surface area contributed by atoms with Crippen molar-refractivity contribution in [1.29, 1.82) is 0 Å². The highest BCUT2D eigenvalue weighted by Gasteiger charge is 2.25. The summed E-state index contributed by atoms with van der Waals surface area (Å²) in [6.45, 7) is 1.35. The van der Waals surface area contributed by atoms with Crippen LogP contribution in [0.2, 0.25) is 10.0 Å². The number of hydrogen-bond acceptors (Lipinski definition) is 8. The monoisotopic (exact) mass is 480 g/mol. The Hall–Kier alpha value is -2.00. The first-order chi connectivity index (χ1) is 15.0. The number of methoxy groups -OCH3 is 2. The smallest absolute Gasteiger partial charge is 0.187 e. The maximum absolute atomic E-state index is 9.95. The van der Waals surface area contributed by atoms with Gasteiger partial charge in [0.1, 0.15) is 17.0 Å². The lowest BCUT2D eigenvalue weighted by atomic mass is 10.1. The Bertz CT molecular complexity index is 1100. The van der Waals surface area contributed by atoms with Gasteiger partial charge in [0.2, 0.25) is 0 Å². The molecule has 1 fully saturated rings. The van der Waals surface area contributed by atoms with E-state index < -0.39 is 0 Å². The average Bonchev–Trinajstić information content (AvgIpc) is 2.79. The molecule has 7 nitrogen and oxygen atoms in total. The number of pyridine rings is 1. The number of nitrogens with zero attached hydrogens (tertiary/aromatic N) is 4. The maximum Gasteiger partial charge on any atom is 0.187 e. The first-order valence-corrected chi connectivity index (χ1v) is 11.7. The molecule has 31 heavy (non-hydrogen) atoms. The van der Waals surface area contributed by atoms with Crippen molar-refractivity contribution in [1.82, 2.24) is 15.0 Å². The van der Waals surface area contributed by atoms with Crippen LogP contribution in [0.4, 0.5) is 5.82 Å². The molecule has 0 unspecified atom stereocenters. The van der Waals surface area contributed by atoms with Crippen LogP contribution in [0.5, 0.6) is 11.5 Å². The topological polar surface area (TPSA) is 80.6 Å². The third kappa shape index (κ3) is 4.22. The summed E-state index contributed by atoms with van der Waals surface area (Å²) < 4.78 is 10.8. The number of rotatable bonds is 5. The molecule has 1 aromatic carbocycles. The Kier molecular flexibility index (Phi) is 6.62. The number of aromatic nitrogens is 3. The highest BCUT2D eigenvalue weighted by molar-refractivity contribution is 7.98. The fourth-order valence-electron chi connectivity index (χ4n) is 3.64. The average molecular weight is 481 g/mol. The summed E-state index contributed by atoms with van der Waals surface area (Å²) in [5, 5.41) is 12.1. The van der Waals surface area contributed by atoms with E-state index in [0.717, 1.165) is 10.9 Å². The van der Waals surface area contributed by atoms with E-state index in [2.05, 4.69) is 9.88 Å². The molecule has 3 heterocycles. The van der Waals surface area contributed by atoms with Crippen LogP contribution < -0.4 is 14.4 Å². The lowest BCUT2D eigenvalue weighted by Gasteiger charge is -2.31. The van der Waals surface area contributed by atoms with Gasteiger partial charge < -0.3 is 19.5 Å². The molecule has 0 saturated carbocycles. The van der Waals surface area contributed by atoms with Gasteiger partial charge >= 0.3 is 0 Å². The lowest BCUT2D eigenvalue weighted by Crippen LogP contribution is -2.36. The molecule has 4 rings (SSSR count). The zero-order valence-electron chi connectivity index (χ0n) is 17.4. The van der Waals surface area contributed by atoms with E-state index in [-0.39, 0.29) is 6.10 Å². The van der Waals surface area contributed by atoms with Crippen LogP contribution in [0.3, 0.4) is 0 Å².